The van der Waals surface area contributed by atoms with Crippen molar-refractivity contribution in [3.8, 4) is 33.8 Å². The number of amides is 1. The lowest BCUT2D eigenvalue weighted by atomic mass is 9.99. The molecule has 4 aromatic heterocycles. The Bertz CT molecular complexity index is 2100. The second-order valence-corrected chi connectivity index (χ2v) is 12.1. The highest BCUT2D eigenvalue weighted by Crippen LogP contribution is 2.35. The van der Waals surface area contributed by atoms with E-state index in [-0.39, 0.29) is 12.5 Å². The standard InChI is InChI=1S/C31H28FN7O3S/c1-3-5-29(40)35-22-13-20(16-33-17-22)25-8-9-27-30(37-25)31(39-38-27)28-14-24-23(6-4-7-26(24)36-28)19-10-18(11-21(32)12-19)15-34-43(2,41)42/h4,6-14,16-17,34,36H,3,5,15H2,1-2H3,(H,35,40)(H,38,39). The van der Waals surface area contributed by atoms with Crippen molar-refractivity contribution in [2.24, 2.45) is 0 Å². The zero-order valence-electron chi connectivity index (χ0n) is 23.4. The fourth-order valence-corrected chi connectivity index (χ4v) is 5.43. The summed E-state index contributed by atoms with van der Waals surface area (Å²) in [4.78, 5) is 24.6. The van der Waals surface area contributed by atoms with Crippen LogP contribution in [0.5, 0.6) is 0 Å². The van der Waals surface area contributed by atoms with Crippen LogP contribution in [0.15, 0.2) is 73.1 Å². The average molecular weight is 598 g/mol. The summed E-state index contributed by atoms with van der Waals surface area (Å²) < 4.78 is 40.1. The number of hydrogen-bond acceptors (Lipinski definition) is 6. The molecule has 0 atom stereocenters. The molecule has 4 heterocycles. The summed E-state index contributed by atoms with van der Waals surface area (Å²) in [5.41, 5.74) is 7.44. The van der Waals surface area contributed by atoms with E-state index in [0.29, 0.717) is 45.8 Å². The third-order valence-electron chi connectivity index (χ3n) is 6.93. The molecule has 43 heavy (non-hydrogen) atoms. The monoisotopic (exact) mass is 597 g/mol. The molecule has 0 fully saturated rings. The second-order valence-electron chi connectivity index (χ2n) is 10.3. The van der Waals surface area contributed by atoms with Gasteiger partial charge in [0.1, 0.15) is 17.0 Å². The Morgan fingerprint density at radius 2 is 1.86 bits per heavy atom. The highest BCUT2D eigenvalue weighted by atomic mass is 32.2. The first-order valence-electron chi connectivity index (χ1n) is 13.6. The van der Waals surface area contributed by atoms with E-state index in [9.17, 15) is 17.6 Å². The van der Waals surface area contributed by atoms with Crippen LogP contribution in [0.1, 0.15) is 25.3 Å². The van der Waals surface area contributed by atoms with Crippen molar-refractivity contribution in [3.63, 3.8) is 0 Å². The van der Waals surface area contributed by atoms with Gasteiger partial charge in [0.2, 0.25) is 15.9 Å². The zero-order valence-corrected chi connectivity index (χ0v) is 24.2. The van der Waals surface area contributed by atoms with Crippen LogP contribution in [0.2, 0.25) is 0 Å². The fraction of sp³-hybridized carbons (Fsp3) is 0.161. The van der Waals surface area contributed by atoms with Crippen LogP contribution in [-0.4, -0.2) is 45.7 Å². The number of fused-ring (bicyclic) bond motifs is 2. The van der Waals surface area contributed by atoms with Gasteiger partial charge in [0.05, 0.1) is 35.0 Å². The molecule has 0 unspecified atom stereocenters. The minimum atomic E-state index is -3.43. The summed E-state index contributed by atoms with van der Waals surface area (Å²) in [6.07, 6.45) is 5.54. The average Bonchev–Trinajstić information content (AvgIpc) is 3.59. The molecular formula is C31H28FN7O3S. The minimum Gasteiger partial charge on any atom is -0.353 e. The van der Waals surface area contributed by atoms with Crippen molar-refractivity contribution in [1.29, 1.82) is 0 Å². The Hall–Kier alpha value is -4.94. The summed E-state index contributed by atoms with van der Waals surface area (Å²) in [5.74, 6) is -0.533. The van der Waals surface area contributed by atoms with E-state index in [0.717, 1.165) is 40.2 Å². The van der Waals surface area contributed by atoms with Gasteiger partial charge in [-0.1, -0.05) is 19.1 Å². The Balaban J connectivity index is 1.37. The molecule has 10 nitrogen and oxygen atoms in total. The highest BCUT2D eigenvalue weighted by molar-refractivity contribution is 7.88. The molecule has 0 aliphatic rings. The molecular weight excluding hydrogens is 569 g/mol. The predicted octanol–water partition coefficient (Wildman–Crippen LogP) is 5.76. The number of H-pyrrole nitrogens is 2. The Kier molecular flexibility index (Phi) is 7.46. The van der Waals surface area contributed by atoms with Crippen LogP contribution in [0, 0.1) is 5.82 Å². The van der Waals surface area contributed by atoms with E-state index < -0.39 is 15.8 Å². The van der Waals surface area contributed by atoms with Gasteiger partial charge >= 0.3 is 0 Å². The first kappa shape index (κ1) is 28.2. The van der Waals surface area contributed by atoms with Crippen LogP contribution < -0.4 is 10.0 Å². The molecule has 218 valence electrons. The summed E-state index contributed by atoms with van der Waals surface area (Å²) in [7, 11) is -3.43. The van der Waals surface area contributed by atoms with Crippen molar-refractivity contribution in [1.82, 2.24) is 29.9 Å². The number of aromatic nitrogens is 5. The van der Waals surface area contributed by atoms with Crippen molar-refractivity contribution in [3.05, 3.63) is 84.4 Å². The Morgan fingerprint density at radius 3 is 2.67 bits per heavy atom. The van der Waals surface area contributed by atoms with Crippen molar-refractivity contribution in [2.75, 3.05) is 11.6 Å². The van der Waals surface area contributed by atoms with Gasteiger partial charge in [0, 0.05) is 35.6 Å². The Labute approximate surface area is 246 Å². The summed E-state index contributed by atoms with van der Waals surface area (Å²) in [6, 6.07) is 17.7. The second kappa shape index (κ2) is 11.4. The van der Waals surface area contributed by atoms with Crippen LogP contribution in [0.3, 0.4) is 0 Å². The lowest BCUT2D eigenvalue weighted by Gasteiger charge is -2.08. The number of pyridine rings is 2. The molecule has 2 aromatic carbocycles. The van der Waals surface area contributed by atoms with E-state index in [2.05, 4.69) is 30.2 Å². The number of halogens is 1. The van der Waals surface area contributed by atoms with Crippen molar-refractivity contribution >= 4 is 43.6 Å². The van der Waals surface area contributed by atoms with Gasteiger partial charge in [-0.25, -0.2) is 22.5 Å². The quantitative estimate of drug-likeness (QED) is 0.167. The highest BCUT2D eigenvalue weighted by Gasteiger charge is 2.16. The van der Waals surface area contributed by atoms with Crippen LogP contribution in [0.25, 0.3) is 55.7 Å². The topological polar surface area (TPSA) is 146 Å². The molecule has 0 bridgehead atoms. The first-order chi connectivity index (χ1) is 20.7. The molecule has 1 amide bonds. The van der Waals surface area contributed by atoms with E-state index in [1.54, 1.807) is 18.5 Å². The fourth-order valence-electron chi connectivity index (χ4n) is 5.00. The number of carbonyl (C=O) groups is 1. The largest absolute Gasteiger partial charge is 0.353 e. The number of benzene rings is 2. The lowest BCUT2D eigenvalue weighted by molar-refractivity contribution is -0.116. The predicted molar refractivity (Wildman–Crippen MR) is 165 cm³/mol. The van der Waals surface area contributed by atoms with E-state index in [4.69, 9.17) is 4.98 Å². The Morgan fingerprint density at radius 1 is 1.00 bits per heavy atom. The SMILES string of the molecule is CCCC(=O)Nc1cncc(-c2ccc3[nH]nc(-c4cc5c(-c6cc(F)cc(CNS(C)(=O)=O)c6)cccc5[nH]4)c3n2)c1. The third kappa shape index (κ3) is 6.15. The molecule has 4 N–H and O–H groups in total. The van der Waals surface area contributed by atoms with Gasteiger partial charge in [-0.15, -0.1) is 0 Å². The van der Waals surface area contributed by atoms with Crippen molar-refractivity contribution in [2.45, 2.75) is 26.3 Å². The molecule has 6 rings (SSSR count). The number of nitrogens with zero attached hydrogens (tertiary/aromatic N) is 3. The molecule has 0 aliphatic heterocycles. The number of hydrogen-bond donors (Lipinski definition) is 4. The van der Waals surface area contributed by atoms with Gasteiger partial charge in [-0.2, -0.15) is 5.10 Å². The summed E-state index contributed by atoms with van der Waals surface area (Å²) >= 11 is 0. The number of rotatable bonds is 9. The maximum Gasteiger partial charge on any atom is 0.224 e. The van der Waals surface area contributed by atoms with Gasteiger partial charge in [0.25, 0.3) is 0 Å². The molecule has 12 heteroatoms. The van der Waals surface area contributed by atoms with Gasteiger partial charge in [-0.3, -0.25) is 14.9 Å². The first-order valence-corrected chi connectivity index (χ1v) is 15.5. The third-order valence-corrected chi connectivity index (χ3v) is 7.60. The minimum absolute atomic E-state index is 0.0191. The number of sulfonamides is 1. The molecule has 0 radical (unpaired) electrons. The molecule has 0 spiro atoms. The number of carbonyl (C=O) groups excluding carboxylic acids is 1. The molecule has 6 aromatic rings. The number of anilines is 1. The number of nitrogens with one attached hydrogen (secondary N) is 4. The van der Waals surface area contributed by atoms with Gasteiger partial charge in [0.15, 0.2) is 0 Å². The van der Waals surface area contributed by atoms with E-state index in [1.807, 2.05) is 49.4 Å². The summed E-state index contributed by atoms with van der Waals surface area (Å²) in [5, 5.41) is 11.3. The molecule has 0 aliphatic carbocycles. The smallest absolute Gasteiger partial charge is 0.224 e. The van der Waals surface area contributed by atoms with Crippen LogP contribution >= 0.6 is 0 Å². The maximum absolute atomic E-state index is 14.6. The van der Waals surface area contributed by atoms with Crippen LogP contribution in [-0.2, 0) is 21.4 Å². The van der Waals surface area contributed by atoms with Gasteiger partial charge in [-0.05, 0) is 71.6 Å². The normalized spacial score (nSPS) is 11.8. The molecule has 0 saturated carbocycles. The molecule has 0 saturated heterocycles. The number of aromatic amines is 2. The zero-order chi connectivity index (χ0) is 30.1. The van der Waals surface area contributed by atoms with E-state index in [1.165, 1.54) is 12.1 Å². The van der Waals surface area contributed by atoms with Crippen LogP contribution in [0.4, 0.5) is 10.1 Å². The maximum atomic E-state index is 14.6. The van der Waals surface area contributed by atoms with E-state index >= 15 is 0 Å². The lowest BCUT2D eigenvalue weighted by Crippen LogP contribution is -2.21. The summed E-state index contributed by atoms with van der Waals surface area (Å²) in [6.45, 7) is 1.93. The van der Waals surface area contributed by atoms with Gasteiger partial charge < -0.3 is 10.3 Å². The van der Waals surface area contributed by atoms with Crippen molar-refractivity contribution < 1.29 is 17.6 Å².